The van der Waals surface area contributed by atoms with E-state index in [-0.39, 0.29) is 5.91 Å². The molecule has 0 aliphatic rings. The number of thiazole rings is 1. The minimum atomic E-state index is -0.121. The molecule has 0 unspecified atom stereocenters. The van der Waals surface area contributed by atoms with E-state index in [1.54, 1.807) is 11.3 Å². The van der Waals surface area contributed by atoms with Crippen LogP contribution in [-0.4, -0.2) is 15.5 Å². The van der Waals surface area contributed by atoms with E-state index in [9.17, 15) is 4.79 Å². The number of hydrogen-bond acceptors (Lipinski definition) is 4. The highest BCUT2D eigenvalue weighted by Gasteiger charge is 2.16. The van der Waals surface area contributed by atoms with Crippen molar-refractivity contribution in [2.75, 3.05) is 5.32 Å². The Morgan fingerprint density at radius 3 is 2.79 bits per heavy atom. The lowest BCUT2D eigenvalue weighted by molar-refractivity contribution is 0.102. The Morgan fingerprint density at radius 2 is 2.04 bits per heavy atom. The molecule has 1 N–H and O–H groups in total. The Balaban J connectivity index is 1.64. The molecule has 4 nitrogen and oxygen atoms in total. The Morgan fingerprint density at radius 1 is 1.21 bits per heavy atom. The van der Waals surface area contributed by atoms with Crippen molar-refractivity contribution in [1.82, 2.24) is 9.55 Å². The number of hydrogen-bond donors (Lipinski definition) is 1. The standard InChI is InChI=1S/C18H17N3OS2/c1-10(2)11-4-5-12-15(8-11)24-18(19-12)20-17(22)14-9-16-13(21(14)3)6-7-23-16/h4-10H,1-3H3,(H,19,20,22). The van der Waals surface area contributed by atoms with Crippen LogP contribution in [0.2, 0.25) is 0 Å². The smallest absolute Gasteiger partial charge is 0.274 e. The molecular formula is C18H17N3OS2. The monoisotopic (exact) mass is 355 g/mol. The Kier molecular flexibility index (Phi) is 3.66. The van der Waals surface area contributed by atoms with E-state index < -0.39 is 0 Å². The molecule has 0 aliphatic heterocycles. The first-order valence-corrected chi connectivity index (χ1v) is 9.47. The molecule has 4 aromatic rings. The summed E-state index contributed by atoms with van der Waals surface area (Å²) in [4.78, 5) is 17.1. The number of aryl methyl sites for hydroxylation is 1. The van der Waals surface area contributed by atoms with Gasteiger partial charge in [-0.3, -0.25) is 10.1 Å². The molecular weight excluding hydrogens is 338 g/mol. The predicted octanol–water partition coefficient (Wildman–Crippen LogP) is 5.23. The molecule has 0 bridgehead atoms. The van der Waals surface area contributed by atoms with Gasteiger partial charge < -0.3 is 4.57 Å². The first kappa shape index (κ1) is 15.4. The Bertz CT molecular complexity index is 1050. The highest BCUT2D eigenvalue weighted by molar-refractivity contribution is 7.22. The number of fused-ring (bicyclic) bond motifs is 2. The van der Waals surface area contributed by atoms with Gasteiger partial charge in [0.1, 0.15) is 5.69 Å². The summed E-state index contributed by atoms with van der Waals surface area (Å²) in [6, 6.07) is 10.2. The molecule has 122 valence electrons. The Labute approximate surface area is 147 Å². The van der Waals surface area contributed by atoms with E-state index in [0.29, 0.717) is 16.7 Å². The third-order valence-electron chi connectivity index (χ3n) is 4.20. The van der Waals surface area contributed by atoms with Gasteiger partial charge in [0.25, 0.3) is 5.91 Å². The maximum Gasteiger partial charge on any atom is 0.274 e. The van der Waals surface area contributed by atoms with Crippen LogP contribution in [0.4, 0.5) is 5.13 Å². The van der Waals surface area contributed by atoms with E-state index in [1.807, 2.05) is 35.2 Å². The van der Waals surface area contributed by atoms with Crippen molar-refractivity contribution in [3.05, 3.63) is 47.0 Å². The van der Waals surface area contributed by atoms with Crippen molar-refractivity contribution in [3.8, 4) is 0 Å². The van der Waals surface area contributed by atoms with Gasteiger partial charge in [-0.05, 0) is 41.1 Å². The van der Waals surface area contributed by atoms with Gasteiger partial charge in [0, 0.05) is 7.05 Å². The molecule has 0 fully saturated rings. The molecule has 24 heavy (non-hydrogen) atoms. The van der Waals surface area contributed by atoms with Crippen LogP contribution in [-0.2, 0) is 7.05 Å². The minimum absolute atomic E-state index is 0.121. The lowest BCUT2D eigenvalue weighted by Crippen LogP contribution is -2.15. The van der Waals surface area contributed by atoms with E-state index in [4.69, 9.17) is 0 Å². The summed E-state index contributed by atoms with van der Waals surface area (Å²) in [7, 11) is 1.91. The number of anilines is 1. The second-order valence-corrected chi connectivity index (χ2v) is 8.09. The van der Waals surface area contributed by atoms with Crippen LogP contribution in [0.25, 0.3) is 20.4 Å². The van der Waals surface area contributed by atoms with Gasteiger partial charge in [0.05, 0.1) is 20.4 Å². The van der Waals surface area contributed by atoms with Gasteiger partial charge >= 0.3 is 0 Å². The number of aromatic nitrogens is 2. The molecule has 0 aliphatic carbocycles. The molecule has 1 amide bonds. The largest absolute Gasteiger partial charge is 0.339 e. The van der Waals surface area contributed by atoms with Gasteiger partial charge in [-0.1, -0.05) is 31.3 Å². The maximum absolute atomic E-state index is 12.6. The Hall–Kier alpha value is -2.18. The third-order valence-corrected chi connectivity index (χ3v) is 5.98. The first-order valence-electron chi connectivity index (χ1n) is 7.77. The second-order valence-electron chi connectivity index (χ2n) is 6.11. The number of amides is 1. The molecule has 1 aromatic carbocycles. The lowest BCUT2D eigenvalue weighted by atomic mass is 10.0. The third kappa shape index (κ3) is 2.52. The summed E-state index contributed by atoms with van der Waals surface area (Å²) in [6.45, 7) is 4.35. The van der Waals surface area contributed by atoms with Crippen LogP contribution < -0.4 is 5.32 Å². The zero-order valence-corrected chi connectivity index (χ0v) is 15.3. The highest BCUT2D eigenvalue weighted by atomic mass is 32.1. The first-order chi connectivity index (χ1) is 11.5. The molecule has 0 saturated carbocycles. The van der Waals surface area contributed by atoms with E-state index in [2.05, 4.69) is 36.3 Å². The van der Waals surface area contributed by atoms with Crippen LogP contribution >= 0.6 is 22.7 Å². The average Bonchev–Trinajstić information content (AvgIpc) is 3.22. The lowest BCUT2D eigenvalue weighted by Gasteiger charge is -2.03. The van der Waals surface area contributed by atoms with E-state index in [0.717, 1.165) is 20.4 Å². The summed E-state index contributed by atoms with van der Waals surface area (Å²) in [5.41, 5.74) is 3.94. The van der Waals surface area contributed by atoms with Gasteiger partial charge in [-0.25, -0.2) is 4.98 Å². The molecule has 4 rings (SSSR count). The molecule has 3 aromatic heterocycles. The number of carbonyl (C=O) groups is 1. The summed E-state index contributed by atoms with van der Waals surface area (Å²) in [6.07, 6.45) is 0. The summed E-state index contributed by atoms with van der Waals surface area (Å²) in [5.74, 6) is 0.356. The van der Waals surface area contributed by atoms with Crippen LogP contribution in [0, 0.1) is 0 Å². The van der Waals surface area contributed by atoms with Crippen molar-refractivity contribution < 1.29 is 4.79 Å². The van der Waals surface area contributed by atoms with Crippen molar-refractivity contribution in [2.24, 2.45) is 7.05 Å². The fourth-order valence-corrected chi connectivity index (χ4v) is 4.54. The van der Waals surface area contributed by atoms with Gasteiger partial charge in [-0.2, -0.15) is 0 Å². The van der Waals surface area contributed by atoms with Gasteiger partial charge in [-0.15, -0.1) is 11.3 Å². The zero-order chi connectivity index (χ0) is 16.8. The summed E-state index contributed by atoms with van der Waals surface area (Å²) in [5, 5.41) is 5.61. The van der Waals surface area contributed by atoms with Crippen molar-refractivity contribution >= 4 is 54.1 Å². The highest BCUT2D eigenvalue weighted by Crippen LogP contribution is 2.30. The number of benzene rings is 1. The van der Waals surface area contributed by atoms with Crippen LogP contribution in [0.3, 0.4) is 0 Å². The fourth-order valence-electron chi connectivity index (χ4n) is 2.78. The molecule has 0 radical (unpaired) electrons. The van der Waals surface area contributed by atoms with Crippen LogP contribution in [0.1, 0.15) is 35.8 Å². The SMILES string of the molecule is CC(C)c1ccc2nc(NC(=O)c3cc4sccc4n3C)sc2c1. The topological polar surface area (TPSA) is 46.9 Å². The maximum atomic E-state index is 12.6. The molecule has 0 saturated heterocycles. The average molecular weight is 355 g/mol. The minimum Gasteiger partial charge on any atom is -0.339 e. The number of carbonyl (C=O) groups excluding carboxylic acids is 1. The van der Waals surface area contributed by atoms with Gasteiger partial charge in [0.2, 0.25) is 0 Å². The van der Waals surface area contributed by atoms with Crippen molar-refractivity contribution in [1.29, 1.82) is 0 Å². The van der Waals surface area contributed by atoms with Crippen molar-refractivity contribution in [3.63, 3.8) is 0 Å². The number of nitrogens with zero attached hydrogens (tertiary/aromatic N) is 2. The molecule has 0 spiro atoms. The normalized spacial score (nSPS) is 11.7. The number of rotatable bonds is 3. The summed E-state index contributed by atoms with van der Waals surface area (Å²) < 4.78 is 4.14. The number of nitrogens with one attached hydrogen (secondary N) is 1. The predicted molar refractivity (Wildman–Crippen MR) is 102 cm³/mol. The number of thiophene rings is 1. The molecule has 0 atom stereocenters. The second kappa shape index (κ2) is 5.72. The van der Waals surface area contributed by atoms with Crippen LogP contribution in [0.5, 0.6) is 0 Å². The zero-order valence-electron chi connectivity index (χ0n) is 13.7. The van der Waals surface area contributed by atoms with Gasteiger partial charge in [0.15, 0.2) is 5.13 Å². The summed E-state index contributed by atoms with van der Waals surface area (Å²) >= 11 is 3.16. The fraction of sp³-hybridized carbons (Fsp3) is 0.222. The molecule has 6 heteroatoms. The van der Waals surface area contributed by atoms with Crippen molar-refractivity contribution in [2.45, 2.75) is 19.8 Å². The van der Waals surface area contributed by atoms with E-state index in [1.165, 1.54) is 16.9 Å². The quantitative estimate of drug-likeness (QED) is 0.547. The van der Waals surface area contributed by atoms with Crippen LogP contribution in [0.15, 0.2) is 35.7 Å². The molecule has 3 heterocycles. The van der Waals surface area contributed by atoms with E-state index >= 15 is 0 Å².